The molecule has 1 atom stereocenters. The fourth-order valence-corrected chi connectivity index (χ4v) is 6.22. The van der Waals surface area contributed by atoms with Gasteiger partial charge in [-0.25, -0.2) is 0 Å². The molecule has 2 aromatic rings. The molecule has 1 aliphatic carbocycles. The lowest BCUT2D eigenvalue weighted by molar-refractivity contribution is 0.332. The minimum absolute atomic E-state index is 0.175. The summed E-state index contributed by atoms with van der Waals surface area (Å²) in [5.74, 6) is 2.70. The van der Waals surface area contributed by atoms with Crippen molar-refractivity contribution < 1.29 is 9.47 Å². The Morgan fingerprint density at radius 3 is 2.19 bits per heavy atom. The van der Waals surface area contributed by atoms with Crippen LogP contribution in [0.5, 0.6) is 11.5 Å². The van der Waals surface area contributed by atoms with Crippen LogP contribution >= 0.6 is 11.8 Å². The molecule has 0 spiro atoms. The molecule has 1 saturated heterocycles. The molecule has 2 aromatic carbocycles. The highest BCUT2D eigenvalue weighted by Crippen LogP contribution is 2.49. The smallest absolute Gasteiger partial charge is 0.168 e. The third kappa shape index (κ3) is 4.21. The van der Waals surface area contributed by atoms with E-state index in [9.17, 15) is 0 Å². The van der Waals surface area contributed by atoms with Crippen molar-refractivity contribution in [3.05, 3.63) is 46.5 Å². The zero-order valence-corrected chi connectivity index (χ0v) is 21.0. The molecule has 1 fully saturated rings. The van der Waals surface area contributed by atoms with E-state index in [1.165, 1.54) is 40.7 Å². The van der Waals surface area contributed by atoms with Gasteiger partial charge in [0.1, 0.15) is 0 Å². The molecule has 2 aliphatic rings. The number of aryl methyl sites for hydroxylation is 1. The molecule has 168 valence electrons. The highest BCUT2D eigenvalue weighted by molar-refractivity contribution is 8.00. The average molecular weight is 440 g/mol. The predicted octanol–water partition coefficient (Wildman–Crippen LogP) is 6.23. The lowest BCUT2D eigenvalue weighted by Crippen LogP contribution is -2.34. The third-order valence-corrected chi connectivity index (χ3v) is 8.46. The van der Waals surface area contributed by atoms with Gasteiger partial charge in [0.15, 0.2) is 11.5 Å². The molecular formula is C27H37NO2S. The summed E-state index contributed by atoms with van der Waals surface area (Å²) in [5, 5.41) is 4.06. The Labute approximate surface area is 192 Å². The molecule has 4 heteroatoms. The van der Waals surface area contributed by atoms with Gasteiger partial charge in [0, 0.05) is 23.2 Å². The van der Waals surface area contributed by atoms with Crippen LogP contribution in [0, 0.1) is 6.92 Å². The minimum atomic E-state index is 0.175. The monoisotopic (exact) mass is 439 g/mol. The van der Waals surface area contributed by atoms with E-state index in [-0.39, 0.29) is 10.8 Å². The van der Waals surface area contributed by atoms with E-state index in [0.29, 0.717) is 5.25 Å². The Morgan fingerprint density at radius 2 is 1.61 bits per heavy atom. The van der Waals surface area contributed by atoms with Gasteiger partial charge in [-0.2, -0.15) is 0 Å². The van der Waals surface area contributed by atoms with E-state index < -0.39 is 0 Å². The van der Waals surface area contributed by atoms with Gasteiger partial charge in [0.2, 0.25) is 0 Å². The summed E-state index contributed by atoms with van der Waals surface area (Å²) in [6.07, 6.45) is 3.47. The SMILES string of the molecule is COc1cc(CC2CNCS2)cc(-c2cc3c(cc2C)C(C)(C)CCC3(C)C)c1OC. The normalized spacial score (nSPS) is 21.6. The van der Waals surface area contributed by atoms with Crippen LogP contribution in [0.1, 0.15) is 62.8 Å². The molecule has 1 aliphatic heterocycles. The maximum absolute atomic E-state index is 5.90. The average Bonchev–Trinajstić information content (AvgIpc) is 3.23. The third-order valence-electron chi connectivity index (χ3n) is 7.28. The summed E-state index contributed by atoms with van der Waals surface area (Å²) >= 11 is 2.00. The minimum Gasteiger partial charge on any atom is -0.493 e. The molecule has 31 heavy (non-hydrogen) atoms. The zero-order chi connectivity index (χ0) is 22.4. The van der Waals surface area contributed by atoms with Crippen LogP contribution < -0.4 is 14.8 Å². The van der Waals surface area contributed by atoms with Gasteiger partial charge in [0.25, 0.3) is 0 Å². The molecule has 0 aromatic heterocycles. The van der Waals surface area contributed by atoms with E-state index in [4.69, 9.17) is 9.47 Å². The van der Waals surface area contributed by atoms with Gasteiger partial charge >= 0.3 is 0 Å². The fraction of sp³-hybridized carbons (Fsp3) is 0.556. The van der Waals surface area contributed by atoms with Crippen molar-refractivity contribution in [1.29, 1.82) is 0 Å². The molecule has 0 radical (unpaired) electrons. The highest BCUT2D eigenvalue weighted by Gasteiger charge is 2.37. The van der Waals surface area contributed by atoms with Crippen LogP contribution in [0.25, 0.3) is 11.1 Å². The molecule has 3 nitrogen and oxygen atoms in total. The zero-order valence-electron chi connectivity index (χ0n) is 20.1. The van der Waals surface area contributed by atoms with Crippen LogP contribution in [0.2, 0.25) is 0 Å². The first-order chi connectivity index (χ1) is 14.7. The first-order valence-corrected chi connectivity index (χ1v) is 12.4. The Kier molecular flexibility index (Phi) is 6.08. The highest BCUT2D eigenvalue weighted by atomic mass is 32.2. The number of benzene rings is 2. The number of hydrogen-bond donors (Lipinski definition) is 1. The van der Waals surface area contributed by atoms with Gasteiger partial charge < -0.3 is 14.8 Å². The Bertz CT molecular complexity index is 974. The number of nitrogens with one attached hydrogen (secondary N) is 1. The molecule has 1 N–H and O–H groups in total. The number of hydrogen-bond acceptors (Lipinski definition) is 4. The number of rotatable bonds is 5. The van der Waals surface area contributed by atoms with Crippen LogP contribution in [0.4, 0.5) is 0 Å². The van der Waals surface area contributed by atoms with Crippen LogP contribution in [-0.4, -0.2) is 31.9 Å². The molecule has 0 saturated carbocycles. The van der Waals surface area contributed by atoms with E-state index in [1.807, 2.05) is 11.8 Å². The Morgan fingerprint density at radius 1 is 0.935 bits per heavy atom. The maximum Gasteiger partial charge on any atom is 0.168 e. The molecule has 1 unspecified atom stereocenters. The van der Waals surface area contributed by atoms with Crippen molar-refractivity contribution in [1.82, 2.24) is 5.32 Å². The van der Waals surface area contributed by atoms with Crippen molar-refractivity contribution in [3.8, 4) is 22.6 Å². The number of ether oxygens (including phenoxy) is 2. The summed E-state index contributed by atoms with van der Waals surface area (Å²) in [6, 6.07) is 9.36. The van der Waals surface area contributed by atoms with E-state index >= 15 is 0 Å². The summed E-state index contributed by atoms with van der Waals surface area (Å²) < 4.78 is 11.7. The number of fused-ring (bicyclic) bond motifs is 1. The van der Waals surface area contributed by atoms with Crippen molar-refractivity contribution in [2.75, 3.05) is 26.6 Å². The van der Waals surface area contributed by atoms with Crippen LogP contribution in [0.3, 0.4) is 0 Å². The van der Waals surface area contributed by atoms with E-state index in [1.54, 1.807) is 14.2 Å². The number of methoxy groups -OCH3 is 2. The Hall–Kier alpha value is -1.65. The standard InChI is InChI=1S/C27H37NO2S/c1-17-10-22-23(27(4,5)9-8-26(22,2)3)14-20(17)21-12-18(11-19-15-28-16-31-19)13-24(29-6)25(21)30-7/h10,12-14,19,28H,8-9,11,15-16H2,1-7H3. The second-order valence-electron chi connectivity index (χ2n) is 10.5. The predicted molar refractivity (Wildman–Crippen MR) is 133 cm³/mol. The lowest BCUT2D eigenvalue weighted by Gasteiger charge is -2.42. The number of thioether (sulfide) groups is 1. The summed E-state index contributed by atoms with van der Waals surface area (Å²) in [6.45, 7) is 12.9. The summed E-state index contributed by atoms with van der Waals surface area (Å²) in [5.41, 5.74) is 8.39. The second-order valence-corrected chi connectivity index (χ2v) is 11.7. The van der Waals surface area contributed by atoms with Gasteiger partial charge in [-0.1, -0.05) is 33.8 Å². The summed E-state index contributed by atoms with van der Waals surface area (Å²) in [4.78, 5) is 0. The van der Waals surface area contributed by atoms with Crippen LogP contribution in [-0.2, 0) is 17.3 Å². The maximum atomic E-state index is 5.90. The van der Waals surface area contributed by atoms with Crippen LogP contribution in [0.15, 0.2) is 24.3 Å². The quantitative estimate of drug-likeness (QED) is 0.598. The van der Waals surface area contributed by atoms with Gasteiger partial charge in [0.05, 0.1) is 14.2 Å². The van der Waals surface area contributed by atoms with Crippen molar-refractivity contribution in [2.24, 2.45) is 0 Å². The lowest BCUT2D eigenvalue weighted by atomic mass is 9.62. The molecular weight excluding hydrogens is 402 g/mol. The van der Waals surface area contributed by atoms with Crippen molar-refractivity contribution in [2.45, 2.75) is 70.0 Å². The van der Waals surface area contributed by atoms with Gasteiger partial charge in [-0.05, 0) is 83.0 Å². The molecule has 0 bridgehead atoms. The van der Waals surface area contributed by atoms with Gasteiger partial charge in [-0.3, -0.25) is 0 Å². The molecule has 0 amide bonds. The van der Waals surface area contributed by atoms with E-state index in [0.717, 1.165) is 35.9 Å². The van der Waals surface area contributed by atoms with Gasteiger partial charge in [-0.15, -0.1) is 11.8 Å². The van der Waals surface area contributed by atoms with E-state index in [2.05, 4.69) is 64.2 Å². The topological polar surface area (TPSA) is 30.5 Å². The molecule has 1 heterocycles. The second kappa shape index (κ2) is 8.37. The first-order valence-electron chi connectivity index (χ1n) is 11.4. The van der Waals surface area contributed by atoms with Crippen molar-refractivity contribution >= 4 is 11.8 Å². The fourth-order valence-electron chi connectivity index (χ4n) is 5.20. The molecule has 4 rings (SSSR count). The Balaban J connectivity index is 1.88. The first kappa shape index (κ1) is 22.5. The largest absolute Gasteiger partial charge is 0.493 e. The van der Waals surface area contributed by atoms with Crippen molar-refractivity contribution in [3.63, 3.8) is 0 Å². The summed E-state index contributed by atoms with van der Waals surface area (Å²) in [7, 11) is 3.49.